The maximum absolute atomic E-state index is 14.9. The molecule has 0 spiro atoms. The zero-order chi connectivity index (χ0) is 74.2. The summed E-state index contributed by atoms with van der Waals surface area (Å²) >= 11 is 0. The second-order valence-corrected chi connectivity index (χ2v) is 25.1. The highest BCUT2D eigenvalue weighted by Crippen LogP contribution is 2.24. The normalized spacial score (nSPS) is 13.6. The number of rotatable bonds is 38. The first kappa shape index (κ1) is 72.3. The lowest BCUT2D eigenvalue weighted by Gasteiger charge is -2.26. The molecule has 0 aliphatic rings. The molecule has 552 valence electrons. The molecule has 43 heteroatoms. The number of carbonyl (C=O) groups excluding carboxylic acids is 6. The molecule has 12 heterocycles. The van der Waals surface area contributed by atoms with Gasteiger partial charge in [-0.2, -0.15) is 0 Å². The molecule has 12 aromatic heterocycles. The molecule has 43 nitrogen and oxygen atoms in total. The number of hydrogen-bond donors (Lipinski definition) is 18. The Morgan fingerprint density at radius 1 is 0.406 bits per heavy atom. The van der Waals surface area contributed by atoms with Crippen LogP contribution in [0.4, 0.5) is 34.9 Å². The van der Waals surface area contributed by atoms with E-state index in [-0.39, 0.29) is 87.6 Å². The first-order chi connectivity index (χ1) is 51.4. The number of anilines is 6. The predicted octanol–water partition coefficient (Wildman–Crippen LogP) is -1.81. The zero-order valence-electron chi connectivity index (χ0n) is 56.8. The van der Waals surface area contributed by atoms with Crippen LogP contribution in [0.2, 0.25) is 0 Å². The van der Waals surface area contributed by atoms with Gasteiger partial charge in [-0.25, -0.2) is 79.6 Å². The number of nitrogens with two attached hydrogens (primary N) is 5. The van der Waals surface area contributed by atoms with Crippen molar-refractivity contribution in [3.63, 3.8) is 0 Å². The number of nitrogen functional groups attached to an aromatic ring is 3. The number of carboxylic acids is 1. The fourth-order valence-electron chi connectivity index (χ4n) is 12.3. The number of H-pyrrole nitrogens is 3. The summed E-state index contributed by atoms with van der Waals surface area (Å²) in [6.07, 6.45) is 16.1. The van der Waals surface area contributed by atoms with E-state index in [1.165, 1.54) is 56.9 Å². The molecule has 6 amide bonds. The topological polar surface area (TPSA) is 634 Å². The quantitative estimate of drug-likeness (QED) is 0.0190. The maximum atomic E-state index is 14.9. The summed E-state index contributed by atoms with van der Waals surface area (Å²) in [5, 5.41) is 38.5. The van der Waals surface area contributed by atoms with Gasteiger partial charge >= 0.3 is 5.97 Å². The van der Waals surface area contributed by atoms with E-state index in [2.05, 4.69) is 138 Å². The number of aliphatic carboxylic acids is 1. The summed E-state index contributed by atoms with van der Waals surface area (Å²) < 4.78 is 5.07. The van der Waals surface area contributed by atoms with Gasteiger partial charge in [-0.1, -0.05) is 0 Å². The fourth-order valence-corrected chi connectivity index (χ4v) is 12.3. The second kappa shape index (κ2) is 33.5. The third-order valence-electron chi connectivity index (χ3n) is 17.2. The van der Waals surface area contributed by atoms with E-state index >= 15 is 0 Å². The number of unbranched alkanes of at least 4 members (excludes halogenated alkanes) is 1. The molecule has 0 radical (unpaired) electrons. The summed E-state index contributed by atoms with van der Waals surface area (Å²) in [5.74, 6) is -3.43. The molecule has 0 aliphatic heterocycles. The van der Waals surface area contributed by atoms with Crippen LogP contribution >= 0.6 is 0 Å². The number of carbonyl (C=O) groups is 7. The molecule has 0 unspecified atom stereocenters. The Morgan fingerprint density at radius 2 is 0.736 bits per heavy atom. The largest absolute Gasteiger partial charge is 0.480 e. The predicted molar refractivity (Wildman–Crippen MR) is 384 cm³/mol. The van der Waals surface area contributed by atoms with Crippen LogP contribution < -0.4 is 76.5 Å². The number of imidazole rings is 3. The molecule has 0 saturated heterocycles. The minimum atomic E-state index is -1.25. The third kappa shape index (κ3) is 18.2. The highest BCUT2D eigenvalue weighted by Gasteiger charge is 2.30. The van der Waals surface area contributed by atoms with Crippen LogP contribution in [0.5, 0.6) is 0 Å². The number of nitrogens with one attached hydrogen (secondary N) is 12. The molecule has 12 aromatic rings. The molecule has 23 N–H and O–H groups in total. The van der Waals surface area contributed by atoms with E-state index in [9.17, 15) is 38.7 Å². The van der Waals surface area contributed by atoms with Crippen molar-refractivity contribution in [2.24, 2.45) is 11.5 Å². The lowest BCUT2D eigenvalue weighted by Crippen LogP contribution is -2.50. The minimum absolute atomic E-state index is 0.0154. The van der Waals surface area contributed by atoms with E-state index in [0.717, 1.165) is 0 Å². The van der Waals surface area contributed by atoms with Crippen LogP contribution in [0.3, 0.4) is 0 Å². The van der Waals surface area contributed by atoms with Crippen molar-refractivity contribution in [2.75, 3.05) is 59.3 Å². The van der Waals surface area contributed by atoms with Crippen molar-refractivity contribution in [2.45, 2.75) is 120 Å². The first-order valence-electron chi connectivity index (χ1n) is 33.6. The van der Waals surface area contributed by atoms with Gasteiger partial charge in [0.25, 0.3) is 0 Å². The van der Waals surface area contributed by atoms with Gasteiger partial charge in [-0.05, 0) is 44.0 Å². The lowest BCUT2D eigenvalue weighted by atomic mass is 10.1. The third-order valence-corrected chi connectivity index (χ3v) is 17.2. The summed E-state index contributed by atoms with van der Waals surface area (Å²) in [5.41, 5.74) is 34.5. The van der Waals surface area contributed by atoms with Crippen LogP contribution in [0.25, 0.3) is 66.6 Å². The van der Waals surface area contributed by atoms with Crippen molar-refractivity contribution in [1.82, 2.24) is 135 Å². The number of aromatic nitrogens is 21. The molecule has 0 aliphatic carbocycles. The van der Waals surface area contributed by atoms with Gasteiger partial charge in [0.05, 0.1) is 65.3 Å². The standard InChI is InChI=1S/C63H77N35O8/c64-7-2-1-3-41(63(105)106)95-47(104)16-37(22-98-10-6-40-53(68)77-28-89-62(40)98)94-44(101)13-34(19-71-56-50-59(80-25-74-50)86-31-83-56)91-46(103)15-36(21-97-9-5-39-52(67)76-27-88-61(39)97)93-43(100)12-33(18-70-55-49-58(79-24-73-49)85-30-82-55)90-45(102)14-35(20-96-8-4-38-51(66)75-26-87-60(38)96)92-42(99)11-32(65)17-69-54-48-57(78-23-72-48)84-29-81-54/h4-6,8-10,23-37,41H,1-3,7,11-22,64-65H2,(H,90,102)(H,91,103)(H,92,99)(H,93,100)(H,94,101)(H,95,104)(H,105,106)(H2,66,75,87)(H2,67,76,88)(H2,68,77,89)(H2,69,72,78,81,84)(H2,70,73,79,82,85)(H2,71,74,80,83,86)/t32-,33-,34-,35-,36-,37-,41+/m0/s1. The smallest absolute Gasteiger partial charge is 0.326 e. The zero-order valence-corrected chi connectivity index (χ0v) is 56.8. The molecule has 0 saturated carbocycles. The van der Waals surface area contributed by atoms with Crippen molar-refractivity contribution in [3.8, 4) is 0 Å². The summed E-state index contributed by atoms with van der Waals surface area (Å²) in [6.45, 7) is 0.0528. The number of carboxylic acid groups (broad SMARTS) is 1. The highest BCUT2D eigenvalue weighted by atomic mass is 16.4. The molecule has 12 rings (SSSR count). The van der Waals surface area contributed by atoms with Crippen LogP contribution in [0.15, 0.2) is 93.7 Å². The van der Waals surface area contributed by atoms with Crippen molar-refractivity contribution in [3.05, 3.63) is 93.7 Å². The number of fused-ring (bicyclic) bond motifs is 6. The minimum Gasteiger partial charge on any atom is -0.480 e. The Balaban J connectivity index is 0.783. The summed E-state index contributed by atoms with van der Waals surface area (Å²) in [4.78, 5) is 172. The molecular formula is C63H77N35O8. The monoisotopic (exact) mass is 1450 g/mol. The molecule has 0 fully saturated rings. The van der Waals surface area contributed by atoms with Gasteiger partial charge < -0.3 is 110 Å². The van der Waals surface area contributed by atoms with Gasteiger partial charge in [-0.3, -0.25) is 28.8 Å². The van der Waals surface area contributed by atoms with Gasteiger partial charge in [0, 0.05) is 102 Å². The summed E-state index contributed by atoms with van der Waals surface area (Å²) in [6, 6.07) is -2.00. The lowest BCUT2D eigenvalue weighted by molar-refractivity contribution is -0.142. The number of aromatic amines is 3. The first-order valence-corrected chi connectivity index (χ1v) is 33.6. The molecule has 0 aromatic carbocycles. The van der Waals surface area contributed by atoms with Crippen LogP contribution in [0.1, 0.15) is 57.8 Å². The van der Waals surface area contributed by atoms with Gasteiger partial charge in [0.1, 0.15) is 95.0 Å². The van der Waals surface area contributed by atoms with Crippen LogP contribution in [-0.2, 0) is 53.2 Å². The Morgan fingerprint density at radius 3 is 1.10 bits per heavy atom. The highest BCUT2D eigenvalue weighted by molar-refractivity contribution is 5.91. The fraction of sp³-hybridized carbons (Fsp3) is 0.365. The van der Waals surface area contributed by atoms with Gasteiger partial charge in [0.2, 0.25) is 35.4 Å². The number of hydrogen-bond acceptors (Lipinski definition) is 30. The molecule has 0 bridgehead atoms. The average Bonchev–Trinajstić information content (AvgIpc) is 1.68. The molecule has 106 heavy (non-hydrogen) atoms. The van der Waals surface area contributed by atoms with Crippen molar-refractivity contribution >= 4 is 143 Å². The Kier molecular flexibility index (Phi) is 22.9. The SMILES string of the molecule is NCCCC[C@@H](NC(=O)C[C@@H](Cn1ccc2c(N)ncnc21)NC(=O)C[C@@H](CNc1ncnc2[nH]cnc12)NC(=O)C[C@@H](Cn1ccc2c(N)ncnc21)NC(=O)C[C@@H](CNc1ncnc2[nH]cnc12)NC(=O)C[C@@H](Cn1ccc2c(N)ncnc21)NC(=O)C[C@H](N)CNc1ncnc2[nH]cnc12)C(=O)O. The second-order valence-electron chi connectivity index (χ2n) is 25.1. The molecular weight excluding hydrogens is 1370 g/mol. The maximum Gasteiger partial charge on any atom is 0.326 e. The van der Waals surface area contributed by atoms with E-state index in [1.807, 2.05) is 0 Å². The number of nitrogens with zero attached hydrogens (tertiary/aromatic N) is 18. The van der Waals surface area contributed by atoms with Crippen molar-refractivity contribution in [1.29, 1.82) is 0 Å². The van der Waals surface area contributed by atoms with Crippen LogP contribution in [0, 0.1) is 0 Å². The van der Waals surface area contributed by atoms with E-state index < -0.39 is 109 Å². The Bertz CT molecular complexity index is 5110. The Labute approximate surface area is 599 Å². The van der Waals surface area contributed by atoms with Gasteiger partial charge in [0.15, 0.2) is 34.4 Å². The van der Waals surface area contributed by atoms with E-state index in [4.69, 9.17) is 28.7 Å². The van der Waals surface area contributed by atoms with E-state index in [0.29, 0.717) is 91.8 Å². The molecule has 7 atom stereocenters. The summed E-state index contributed by atoms with van der Waals surface area (Å²) in [7, 11) is 0. The van der Waals surface area contributed by atoms with Gasteiger partial charge in [-0.15, -0.1) is 0 Å². The van der Waals surface area contributed by atoms with E-state index in [1.54, 1.807) is 50.5 Å². The average molecular weight is 1450 g/mol. The number of amides is 6. The Hall–Kier alpha value is -13.5. The van der Waals surface area contributed by atoms with Crippen molar-refractivity contribution < 1.29 is 38.7 Å². The van der Waals surface area contributed by atoms with Crippen LogP contribution in [-0.4, -0.2) is 218 Å².